The lowest BCUT2D eigenvalue weighted by molar-refractivity contribution is -0.121. The van der Waals surface area contributed by atoms with Crippen molar-refractivity contribution in [2.45, 2.75) is 50.2 Å². The summed E-state index contributed by atoms with van der Waals surface area (Å²) in [5.74, 6) is 2.77. The van der Waals surface area contributed by atoms with Gasteiger partial charge in [0.15, 0.2) is 11.5 Å². The molecule has 13 heteroatoms. The van der Waals surface area contributed by atoms with Gasteiger partial charge in [-0.25, -0.2) is 8.42 Å². The summed E-state index contributed by atoms with van der Waals surface area (Å²) in [4.78, 5) is 24.2. The van der Waals surface area contributed by atoms with E-state index in [4.69, 9.17) is 14.2 Å². The maximum atomic E-state index is 14.1. The van der Waals surface area contributed by atoms with E-state index in [0.29, 0.717) is 24.7 Å². The molecule has 2 aromatic carbocycles. The maximum absolute atomic E-state index is 14.1. The third-order valence-corrected chi connectivity index (χ3v) is 8.56. The Morgan fingerprint density at radius 2 is 1.84 bits per heavy atom. The molecule has 0 saturated heterocycles. The van der Waals surface area contributed by atoms with E-state index in [-0.39, 0.29) is 74.7 Å². The number of hydrogen-bond donors (Lipinski definition) is 4. The molecule has 1 atom stereocenters. The van der Waals surface area contributed by atoms with Crippen LogP contribution in [0.1, 0.15) is 38.7 Å². The summed E-state index contributed by atoms with van der Waals surface area (Å²) in [6.07, 6.45) is 0.209. The predicted octanol–water partition coefficient (Wildman–Crippen LogP) is 1.59. The number of rotatable bonds is 17. The van der Waals surface area contributed by atoms with Gasteiger partial charge in [0, 0.05) is 64.5 Å². The zero-order chi connectivity index (χ0) is 32.0. The summed E-state index contributed by atoms with van der Waals surface area (Å²) in [7, 11) is -2.64. The van der Waals surface area contributed by atoms with Gasteiger partial charge in [-0.15, -0.1) is 0 Å². The van der Waals surface area contributed by atoms with Crippen LogP contribution >= 0.6 is 0 Å². The highest BCUT2D eigenvalue weighted by Gasteiger charge is 2.43. The van der Waals surface area contributed by atoms with Crippen LogP contribution in [0.2, 0.25) is 0 Å². The number of ether oxygens (including phenoxy) is 3. The molecule has 1 heterocycles. The van der Waals surface area contributed by atoms with Gasteiger partial charge >= 0.3 is 0 Å². The molecule has 0 saturated carbocycles. The Morgan fingerprint density at radius 3 is 2.57 bits per heavy atom. The van der Waals surface area contributed by atoms with Crippen LogP contribution in [-0.4, -0.2) is 82.1 Å². The Hall–Kier alpha value is -3.67. The molecule has 12 nitrogen and oxygen atoms in total. The maximum Gasteiger partial charge on any atom is 0.245 e. The first-order valence-electron chi connectivity index (χ1n) is 14.5. The van der Waals surface area contributed by atoms with Crippen LogP contribution in [0, 0.1) is 17.9 Å². The predicted molar refractivity (Wildman–Crippen MR) is 164 cm³/mol. The number of carbonyl (C=O) groups excluding carboxylic acids is 2. The van der Waals surface area contributed by atoms with Gasteiger partial charge < -0.3 is 30.0 Å². The number of hydrogen-bond acceptors (Lipinski definition) is 9. The molecule has 240 valence electrons. The molecule has 4 N–H and O–H groups in total. The van der Waals surface area contributed by atoms with E-state index in [0.717, 1.165) is 9.87 Å². The van der Waals surface area contributed by atoms with Crippen LogP contribution in [0.4, 0.5) is 0 Å². The minimum absolute atomic E-state index is 0.000796. The van der Waals surface area contributed by atoms with Crippen LogP contribution < -0.4 is 25.4 Å². The molecule has 0 fully saturated rings. The highest BCUT2D eigenvalue weighted by Crippen LogP contribution is 2.37. The van der Waals surface area contributed by atoms with E-state index in [1.807, 2.05) is 44.2 Å². The molecule has 2 amide bonds. The number of sulfonamides is 1. The molecule has 1 unspecified atom stereocenters. The second-order valence-electron chi connectivity index (χ2n) is 10.7. The van der Waals surface area contributed by atoms with Gasteiger partial charge in [-0.3, -0.25) is 14.9 Å². The van der Waals surface area contributed by atoms with Crippen molar-refractivity contribution in [3.8, 4) is 23.5 Å². The number of benzene rings is 2. The minimum atomic E-state index is -4.21. The Morgan fingerprint density at radius 1 is 1.09 bits per heavy atom. The molecule has 1 aliphatic rings. The van der Waals surface area contributed by atoms with E-state index in [2.05, 4.69) is 27.9 Å². The zero-order valence-corrected chi connectivity index (χ0v) is 26.2. The zero-order valence-electron chi connectivity index (χ0n) is 25.4. The first-order chi connectivity index (χ1) is 21.0. The monoisotopic (exact) mass is 630 g/mol. The van der Waals surface area contributed by atoms with Crippen molar-refractivity contribution in [2.75, 3.05) is 46.7 Å². The second-order valence-corrected chi connectivity index (χ2v) is 12.6. The summed E-state index contributed by atoms with van der Waals surface area (Å²) in [6, 6.07) is 16.0. The number of aliphatic hydroxyl groups is 1. The Kier molecular flexibility index (Phi) is 13.4. The molecule has 0 aromatic heterocycles. The van der Waals surface area contributed by atoms with Gasteiger partial charge in [0.25, 0.3) is 0 Å². The molecule has 0 bridgehead atoms. The van der Waals surface area contributed by atoms with Crippen molar-refractivity contribution in [3.63, 3.8) is 0 Å². The molecular formula is C31H42N4O8S. The number of nitrogens with zero attached hydrogens (tertiary/aromatic N) is 1. The second kappa shape index (κ2) is 17.0. The molecule has 1 aliphatic heterocycles. The van der Waals surface area contributed by atoms with Gasteiger partial charge in [-0.1, -0.05) is 50.1 Å². The topological polar surface area (TPSA) is 156 Å². The number of methoxy groups -OCH3 is 1. The molecule has 44 heavy (non-hydrogen) atoms. The molecule has 3 rings (SSSR count). The van der Waals surface area contributed by atoms with Gasteiger partial charge in [0.05, 0.1) is 18.0 Å². The fourth-order valence-corrected chi connectivity index (χ4v) is 6.32. The van der Waals surface area contributed by atoms with Crippen molar-refractivity contribution in [1.82, 2.24) is 20.3 Å². The van der Waals surface area contributed by atoms with Crippen LogP contribution in [0.3, 0.4) is 0 Å². The summed E-state index contributed by atoms with van der Waals surface area (Å²) in [5.41, 5.74) is -1.13. The lowest BCUT2D eigenvalue weighted by Gasteiger charge is -2.40. The van der Waals surface area contributed by atoms with Gasteiger partial charge in [-0.2, -0.15) is 4.31 Å². The SMILES string of the molecule is COCCNCC(=O)NC#CCCC(=O)NCCC(O)(Cc1ccccc1)N(CC(C)C)S(=O)(=O)c1ccc2c(c1)OCO2. The van der Waals surface area contributed by atoms with Crippen molar-refractivity contribution < 1.29 is 37.3 Å². The third-order valence-electron chi connectivity index (χ3n) is 6.64. The highest BCUT2D eigenvalue weighted by atomic mass is 32.2. The minimum Gasteiger partial charge on any atom is -0.454 e. The van der Waals surface area contributed by atoms with Crippen LogP contribution in [0.15, 0.2) is 53.4 Å². The molecule has 0 radical (unpaired) electrons. The fourth-order valence-electron chi connectivity index (χ4n) is 4.48. The van der Waals surface area contributed by atoms with Crippen molar-refractivity contribution in [3.05, 3.63) is 54.1 Å². The Bertz CT molecular complexity index is 1410. The van der Waals surface area contributed by atoms with Crippen molar-refractivity contribution in [1.29, 1.82) is 0 Å². The van der Waals surface area contributed by atoms with Crippen LogP contribution in [0.25, 0.3) is 0 Å². The fraction of sp³-hybridized carbons (Fsp3) is 0.484. The van der Waals surface area contributed by atoms with E-state index >= 15 is 0 Å². The number of amides is 2. The van der Waals surface area contributed by atoms with Crippen molar-refractivity contribution in [2.24, 2.45) is 5.92 Å². The molecule has 0 aliphatic carbocycles. The molecule has 2 aromatic rings. The standard InChI is InChI=1S/C31H42N4O8S/c1-24(2)22-35(44(39,40)26-12-13-27-28(19-26)43-23-42-27)31(38,20-25-9-5-4-6-10-25)14-16-34-29(36)11-7-8-15-33-30(37)21-32-17-18-41-3/h4-6,9-10,12-13,19,24,32,38H,7,11,14,16-18,20-23H2,1-3H3,(H,33,37)(H,34,36). The van der Waals surface area contributed by atoms with E-state index in [1.165, 1.54) is 18.2 Å². The van der Waals surface area contributed by atoms with E-state index in [1.54, 1.807) is 7.11 Å². The van der Waals surface area contributed by atoms with E-state index in [9.17, 15) is 23.1 Å². The summed E-state index contributed by atoms with van der Waals surface area (Å²) in [6.45, 7) is 4.92. The van der Waals surface area contributed by atoms with Crippen LogP contribution in [0.5, 0.6) is 11.5 Å². The largest absolute Gasteiger partial charge is 0.454 e. The summed E-state index contributed by atoms with van der Waals surface area (Å²) < 4.78 is 44.9. The molecule has 0 spiro atoms. The molecular weight excluding hydrogens is 588 g/mol. The quantitative estimate of drug-likeness (QED) is 0.0883. The first kappa shape index (κ1) is 34.8. The van der Waals surface area contributed by atoms with Crippen LogP contribution in [-0.2, 0) is 30.8 Å². The third kappa shape index (κ3) is 10.5. The lowest BCUT2D eigenvalue weighted by Crippen LogP contribution is -2.55. The number of fused-ring (bicyclic) bond motifs is 1. The van der Waals surface area contributed by atoms with E-state index < -0.39 is 15.7 Å². The average molecular weight is 631 g/mol. The van der Waals surface area contributed by atoms with Gasteiger partial charge in [0.2, 0.25) is 28.6 Å². The van der Waals surface area contributed by atoms with Gasteiger partial charge in [-0.05, 0) is 23.6 Å². The summed E-state index contributed by atoms with van der Waals surface area (Å²) >= 11 is 0. The smallest absolute Gasteiger partial charge is 0.245 e. The lowest BCUT2D eigenvalue weighted by atomic mass is 9.98. The first-order valence-corrected chi connectivity index (χ1v) is 15.9. The summed E-state index contributed by atoms with van der Waals surface area (Å²) in [5, 5.41) is 20.2. The Balaban J connectivity index is 1.68. The Labute approximate surface area is 259 Å². The number of nitrogens with one attached hydrogen (secondary N) is 3. The number of carbonyl (C=O) groups is 2. The normalized spacial score (nSPS) is 13.7. The highest BCUT2D eigenvalue weighted by molar-refractivity contribution is 7.89. The average Bonchev–Trinajstić information content (AvgIpc) is 3.46. The van der Waals surface area contributed by atoms with Gasteiger partial charge in [0.1, 0.15) is 5.72 Å². The van der Waals surface area contributed by atoms with Crippen molar-refractivity contribution >= 4 is 21.8 Å².